The Hall–Kier alpha value is -2.85. The number of likely N-dealkylation sites (N-methyl/N-ethyl adjacent to an activating group) is 1. The molecule has 1 aromatic carbocycles. The first kappa shape index (κ1) is 22.0. The summed E-state index contributed by atoms with van der Waals surface area (Å²) in [5.41, 5.74) is 2.08. The number of fused-ring (bicyclic) bond motifs is 1. The Morgan fingerprint density at radius 2 is 1.88 bits per heavy atom. The van der Waals surface area contributed by atoms with Gasteiger partial charge in [-0.2, -0.15) is 5.10 Å². The van der Waals surface area contributed by atoms with Gasteiger partial charge in [-0.25, -0.2) is 22.5 Å². The van der Waals surface area contributed by atoms with Crippen molar-refractivity contribution in [2.75, 3.05) is 44.7 Å². The third-order valence-electron chi connectivity index (χ3n) is 6.56. The summed E-state index contributed by atoms with van der Waals surface area (Å²) >= 11 is 0. The first-order valence-electron chi connectivity index (χ1n) is 11.1. The maximum atomic E-state index is 14.7. The van der Waals surface area contributed by atoms with Crippen molar-refractivity contribution >= 4 is 26.8 Å². The SMILES string of the molecule is Cc1nn(C2CCS(=O)(=O)C2)c2nc(-c3ccccc3F)cc(C(=O)N3CCN(C)CC3)c12. The van der Waals surface area contributed by atoms with Gasteiger partial charge in [-0.15, -0.1) is 0 Å². The number of hydrogen-bond acceptors (Lipinski definition) is 6. The van der Waals surface area contributed by atoms with Crippen molar-refractivity contribution in [2.24, 2.45) is 0 Å². The number of halogens is 1. The van der Waals surface area contributed by atoms with Crippen molar-refractivity contribution in [3.8, 4) is 11.3 Å². The topological polar surface area (TPSA) is 88.4 Å². The van der Waals surface area contributed by atoms with E-state index in [0.29, 0.717) is 47.5 Å². The fourth-order valence-corrected chi connectivity index (χ4v) is 6.38. The minimum absolute atomic E-state index is 0.0173. The Morgan fingerprint density at radius 1 is 1.15 bits per heavy atom. The fourth-order valence-electron chi connectivity index (χ4n) is 4.69. The van der Waals surface area contributed by atoms with Crippen LogP contribution in [0.5, 0.6) is 0 Å². The summed E-state index contributed by atoms with van der Waals surface area (Å²) in [5.74, 6) is -0.502. The van der Waals surface area contributed by atoms with Gasteiger partial charge < -0.3 is 9.80 Å². The van der Waals surface area contributed by atoms with Gasteiger partial charge in [-0.05, 0) is 38.6 Å². The highest BCUT2D eigenvalue weighted by molar-refractivity contribution is 7.91. The first-order valence-corrected chi connectivity index (χ1v) is 12.9. The average molecular weight is 472 g/mol. The van der Waals surface area contributed by atoms with E-state index in [4.69, 9.17) is 4.98 Å². The minimum Gasteiger partial charge on any atom is -0.336 e. The van der Waals surface area contributed by atoms with Crippen LogP contribution in [0.3, 0.4) is 0 Å². The number of hydrogen-bond donors (Lipinski definition) is 0. The number of rotatable bonds is 3. The van der Waals surface area contributed by atoms with Gasteiger partial charge in [-0.1, -0.05) is 12.1 Å². The van der Waals surface area contributed by atoms with Crippen LogP contribution in [0.2, 0.25) is 0 Å². The predicted octanol–water partition coefficient (Wildman–Crippen LogP) is 2.29. The lowest BCUT2D eigenvalue weighted by Gasteiger charge is -2.32. The van der Waals surface area contributed by atoms with E-state index in [9.17, 15) is 17.6 Å². The van der Waals surface area contributed by atoms with E-state index in [1.165, 1.54) is 6.07 Å². The van der Waals surface area contributed by atoms with Gasteiger partial charge in [0.1, 0.15) is 5.82 Å². The summed E-state index contributed by atoms with van der Waals surface area (Å²) in [6.07, 6.45) is 0.436. The first-order chi connectivity index (χ1) is 15.7. The molecule has 2 aromatic heterocycles. The van der Waals surface area contributed by atoms with Crippen LogP contribution in [0, 0.1) is 12.7 Å². The molecule has 2 fully saturated rings. The molecule has 1 atom stereocenters. The standard InChI is InChI=1S/C23H26FN5O3S/c1-15-21-18(23(30)28-10-8-27(2)9-11-28)13-20(17-5-3-4-6-19(17)24)25-22(21)29(26-15)16-7-12-33(31,32)14-16/h3-6,13,16H,7-12,14H2,1-2H3. The van der Waals surface area contributed by atoms with Crippen molar-refractivity contribution in [1.82, 2.24) is 24.6 Å². The molecule has 33 heavy (non-hydrogen) atoms. The number of benzene rings is 1. The lowest BCUT2D eigenvalue weighted by atomic mass is 10.0. The summed E-state index contributed by atoms with van der Waals surface area (Å²) in [6, 6.07) is 7.59. The van der Waals surface area contributed by atoms with Gasteiger partial charge in [-0.3, -0.25) is 4.79 Å². The van der Waals surface area contributed by atoms with Crippen molar-refractivity contribution in [3.05, 3.63) is 47.4 Å². The molecule has 0 N–H and O–H groups in total. The van der Waals surface area contributed by atoms with E-state index in [2.05, 4.69) is 10.00 Å². The normalized spacial score (nSPS) is 21.1. The number of aryl methyl sites for hydroxylation is 1. The molecule has 8 nitrogen and oxygen atoms in total. The van der Waals surface area contributed by atoms with E-state index in [1.54, 1.807) is 40.8 Å². The Morgan fingerprint density at radius 3 is 2.55 bits per heavy atom. The van der Waals surface area contributed by atoms with Crippen molar-refractivity contribution < 1.29 is 17.6 Å². The largest absolute Gasteiger partial charge is 0.336 e. The molecule has 0 aliphatic carbocycles. The van der Waals surface area contributed by atoms with Gasteiger partial charge in [0.2, 0.25) is 0 Å². The van der Waals surface area contributed by atoms with E-state index in [0.717, 1.165) is 13.1 Å². The molecule has 2 aliphatic rings. The van der Waals surface area contributed by atoms with Crippen LogP contribution in [-0.2, 0) is 9.84 Å². The van der Waals surface area contributed by atoms with Crippen LogP contribution >= 0.6 is 0 Å². The summed E-state index contributed by atoms with van der Waals surface area (Å²) in [5, 5.41) is 5.21. The maximum absolute atomic E-state index is 14.7. The molecule has 2 saturated heterocycles. The molecule has 0 radical (unpaired) electrons. The zero-order valence-electron chi connectivity index (χ0n) is 18.7. The third kappa shape index (κ3) is 4.02. The van der Waals surface area contributed by atoms with Crippen LogP contribution in [-0.4, -0.2) is 83.6 Å². The van der Waals surface area contributed by atoms with E-state index >= 15 is 0 Å². The number of carbonyl (C=O) groups excluding carboxylic acids is 1. The van der Waals surface area contributed by atoms with Crippen LogP contribution in [0.25, 0.3) is 22.3 Å². The van der Waals surface area contributed by atoms with Crippen molar-refractivity contribution in [2.45, 2.75) is 19.4 Å². The highest BCUT2D eigenvalue weighted by atomic mass is 32.2. The minimum atomic E-state index is -3.15. The van der Waals surface area contributed by atoms with Gasteiger partial charge >= 0.3 is 0 Å². The van der Waals surface area contributed by atoms with Crippen LogP contribution < -0.4 is 0 Å². The summed E-state index contributed by atoms with van der Waals surface area (Å²) < 4.78 is 40.5. The van der Waals surface area contributed by atoms with E-state index in [-0.39, 0.29) is 29.0 Å². The highest BCUT2D eigenvalue weighted by Gasteiger charge is 2.33. The fraction of sp³-hybridized carbons (Fsp3) is 0.435. The molecule has 1 amide bonds. The Kier molecular flexibility index (Phi) is 5.44. The Balaban J connectivity index is 1.69. The highest BCUT2D eigenvalue weighted by Crippen LogP contribution is 2.33. The van der Waals surface area contributed by atoms with Crippen molar-refractivity contribution in [1.29, 1.82) is 0 Å². The van der Waals surface area contributed by atoms with Crippen LogP contribution in [0.15, 0.2) is 30.3 Å². The smallest absolute Gasteiger partial charge is 0.254 e. The second-order valence-electron chi connectivity index (χ2n) is 8.92. The lowest BCUT2D eigenvalue weighted by Crippen LogP contribution is -2.47. The van der Waals surface area contributed by atoms with Gasteiger partial charge in [0.15, 0.2) is 15.5 Å². The third-order valence-corrected chi connectivity index (χ3v) is 8.31. The maximum Gasteiger partial charge on any atom is 0.254 e. The van der Waals surface area contributed by atoms with Gasteiger partial charge in [0.25, 0.3) is 5.91 Å². The molecule has 174 valence electrons. The van der Waals surface area contributed by atoms with Crippen LogP contribution in [0.4, 0.5) is 4.39 Å². The monoisotopic (exact) mass is 471 g/mol. The molecule has 5 rings (SSSR count). The van der Waals surface area contributed by atoms with E-state index in [1.807, 2.05) is 7.05 Å². The molecular weight excluding hydrogens is 445 g/mol. The number of nitrogens with zero attached hydrogens (tertiary/aromatic N) is 5. The zero-order chi connectivity index (χ0) is 23.3. The summed E-state index contributed by atoms with van der Waals surface area (Å²) in [6.45, 7) is 4.55. The average Bonchev–Trinajstić information content (AvgIpc) is 3.32. The summed E-state index contributed by atoms with van der Waals surface area (Å²) in [4.78, 5) is 22.3. The predicted molar refractivity (Wildman–Crippen MR) is 123 cm³/mol. The zero-order valence-corrected chi connectivity index (χ0v) is 19.5. The number of carbonyl (C=O) groups is 1. The number of amides is 1. The molecule has 1 unspecified atom stereocenters. The number of aromatic nitrogens is 3. The Labute approximate surface area is 191 Å². The molecule has 0 bridgehead atoms. The Bertz CT molecular complexity index is 1350. The van der Waals surface area contributed by atoms with E-state index < -0.39 is 15.7 Å². The number of piperazine rings is 1. The lowest BCUT2D eigenvalue weighted by molar-refractivity contribution is 0.0666. The molecule has 0 saturated carbocycles. The molecular formula is C23H26FN5O3S. The van der Waals surface area contributed by atoms with Gasteiger partial charge in [0, 0.05) is 31.7 Å². The number of sulfone groups is 1. The summed E-state index contributed by atoms with van der Waals surface area (Å²) in [7, 11) is -1.13. The molecule has 3 aromatic rings. The molecule has 4 heterocycles. The molecule has 0 spiro atoms. The number of pyridine rings is 1. The second kappa shape index (κ2) is 8.18. The molecule has 10 heteroatoms. The second-order valence-corrected chi connectivity index (χ2v) is 11.1. The molecule has 2 aliphatic heterocycles. The quantitative estimate of drug-likeness (QED) is 0.583. The van der Waals surface area contributed by atoms with Crippen LogP contribution in [0.1, 0.15) is 28.5 Å². The van der Waals surface area contributed by atoms with Gasteiger partial charge in [0.05, 0.1) is 39.9 Å². The van der Waals surface area contributed by atoms with Crippen molar-refractivity contribution in [3.63, 3.8) is 0 Å².